The van der Waals surface area contributed by atoms with Gasteiger partial charge < -0.3 is 19.5 Å². The average Bonchev–Trinajstić information content (AvgIpc) is 3.02. The number of aromatic nitrogens is 2. The van der Waals surface area contributed by atoms with Crippen LogP contribution in [-0.4, -0.2) is 51.7 Å². The first-order valence-electron chi connectivity index (χ1n) is 10.2. The summed E-state index contributed by atoms with van der Waals surface area (Å²) >= 11 is 3.66. The number of nitrogens with zero attached hydrogens (tertiary/aromatic N) is 3. The van der Waals surface area contributed by atoms with E-state index < -0.39 is 5.60 Å². The molecular weight excluding hydrogens is 420 g/mol. The Balaban J connectivity index is 1.65. The quantitative estimate of drug-likeness (QED) is 0.659. The number of fused-ring (bicyclic) bond motifs is 1. The molecule has 2 aromatic rings. The number of anilines is 1. The first-order chi connectivity index (χ1) is 13.3. The van der Waals surface area contributed by atoms with Crippen molar-refractivity contribution in [2.75, 3.05) is 24.5 Å². The van der Waals surface area contributed by atoms with Gasteiger partial charge in [0.1, 0.15) is 11.2 Å². The monoisotopic (exact) mass is 448 g/mol. The van der Waals surface area contributed by atoms with Crippen LogP contribution in [0, 0.1) is 0 Å². The zero-order valence-corrected chi connectivity index (χ0v) is 18.5. The Morgan fingerprint density at radius 3 is 2.82 bits per heavy atom. The van der Waals surface area contributed by atoms with Crippen LogP contribution in [0.1, 0.15) is 52.9 Å². The maximum atomic E-state index is 13.0. The van der Waals surface area contributed by atoms with E-state index in [1.165, 1.54) is 5.69 Å². The number of nitrogens with one attached hydrogen (secondary N) is 1. The van der Waals surface area contributed by atoms with E-state index in [2.05, 4.69) is 36.9 Å². The molecule has 1 N–H and O–H groups in total. The lowest BCUT2D eigenvalue weighted by Crippen LogP contribution is -2.63. The smallest absolute Gasteiger partial charge is 0.410 e. The molecule has 1 amide bonds. The minimum absolute atomic E-state index is 0.156. The molecule has 0 bridgehead atoms. The van der Waals surface area contributed by atoms with Gasteiger partial charge in [0.15, 0.2) is 0 Å². The van der Waals surface area contributed by atoms with Crippen molar-refractivity contribution in [1.82, 2.24) is 14.9 Å². The van der Waals surface area contributed by atoms with E-state index in [4.69, 9.17) is 4.74 Å². The number of carbonyl (C=O) groups excluding carboxylic acids is 1. The van der Waals surface area contributed by atoms with Crippen LogP contribution in [0.3, 0.4) is 0 Å². The van der Waals surface area contributed by atoms with Crippen LogP contribution in [0.15, 0.2) is 22.9 Å². The van der Waals surface area contributed by atoms with Crippen molar-refractivity contribution in [1.29, 1.82) is 0 Å². The van der Waals surface area contributed by atoms with Crippen molar-refractivity contribution in [3.8, 4) is 0 Å². The van der Waals surface area contributed by atoms with Gasteiger partial charge in [-0.3, -0.25) is 0 Å². The van der Waals surface area contributed by atoms with Crippen LogP contribution in [0.25, 0.3) is 11.0 Å². The van der Waals surface area contributed by atoms with E-state index in [9.17, 15) is 4.79 Å². The number of halogens is 1. The molecule has 7 heteroatoms. The van der Waals surface area contributed by atoms with Crippen molar-refractivity contribution >= 4 is 38.7 Å². The van der Waals surface area contributed by atoms with Gasteiger partial charge in [0, 0.05) is 36.5 Å². The van der Waals surface area contributed by atoms with Crippen LogP contribution in [0.2, 0.25) is 0 Å². The topological polar surface area (TPSA) is 61.5 Å². The van der Waals surface area contributed by atoms with Crippen molar-refractivity contribution < 1.29 is 9.53 Å². The lowest BCUT2D eigenvalue weighted by molar-refractivity contribution is -0.0198. The maximum absolute atomic E-state index is 13.0. The minimum atomic E-state index is -0.475. The molecule has 2 aromatic heterocycles. The fraction of sp³-hybridized carbons (Fsp3) is 0.619. The molecule has 4 rings (SSSR count). The first kappa shape index (κ1) is 19.6. The number of H-pyrrole nitrogens is 1. The molecule has 6 nitrogen and oxygen atoms in total. The summed E-state index contributed by atoms with van der Waals surface area (Å²) in [5.74, 6) is 0. The number of ether oxygens (including phenoxy) is 1. The van der Waals surface area contributed by atoms with Crippen LogP contribution in [0.4, 0.5) is 10.5 Å². The number of carbonyl (C=O) groups is 1. The molecule has 0 aromatic carbocycles. The second-order valence-corrected chi connectivity index (χ2v) is 9.88. The predicted octanol–water partition coefficient (Wildman–Crippen LogP) is 5.09. The lowest BCUT2D eigenvalue weighted by atomic mass is 9.80. The largest absolute Gasteiger partial charge is 0.444 e. The zero-order chi connectivity index (χ0) is 19.9. The molecule has 1 spiro atoms. The van der Waals surface area contributed by atoms with E-state index >= 15 is 0 Å². The number of amides is 1. The number of aromatic amines is 1. The highest BCUT2D eigenvalue weighted by Gasteiger charge is 2.46. The minimum Gasteiger partial charge on any atom is -0.444 e. The second-order valence-electron chi connectivity index (χ2n) is 9.03. The Morgan fingerprint density at radius 1 is 1.25 bits per heavy atom. The lowest BCUT2D eigenvalue weighted by Gasteiger charge is -2.52. The molecule has 0 radical (unpaired) electrons. The predicted molar refractivity (Wildman–Crippen MR) is 115 cm³/mol. The standard InChI is InChI=1S/C21H29BrN4O2/c1-20(2,3)28-19(27)26-12-5-4-8-21(26)9-6-11-25(14-21)16-7-10-23-18-17(16)15(22)13-24-18/h7,10,13H,4-6,8-9,11-12,14H2,1-3H3,(H,23,24). The summed E-state index contributed by atoms with van der Waals surface area (Å²) < 4.78 is 6.79. The number of likely N-dealkylation sites (tertiary alicyclic amines) is 1. The van der Waals surface area contributed by atoms with Crippen molar-refractivity contribution in [2.24, 2.45) is 0 Å². The van der Waals surface area contributed by atoms with Gasteiger partial charge in [-0.05, 0) is 74.9 Å². The van der Waals surface area contributed by atoms with Gasteiger partial charge in [-0.1, -0.05) is 0 Å². The Labute approximate surface area is 174 Å². The summed E-state index contributed by atoms with van der Waals surface area (Å²) in [4.78, 5) is 25.1. The summed E-state index contributed by atoms with van der Waals surface area (Å²) in [7, 11) is 0. The molecule has 1 atom stereocenters. The van der Waals surface area contributed by atoms with Gasteiger partial charge in [0.2, 0.25) is 0 Å². The van der Waals surface area contributed by atoms with Crippen LogP contribution in [0.5, 0.6) is 0 Å². The Hall–Kier alpha value is -1.76. The molecule has 2 fully saturated rings. The highest BCUT2D eigenvalue weighted by molar-refractivity contribution is 9.10. The third kappa shape index (κ3) is 3.61. The van der Waals surface area contributed by atoms with E-state index in [0.717, 1.165) is 67.2 Å². The van der Waals surface area contributed by atoms with Crippen LogP contribution in [-0.2, 0) is 4.74 Å². The number of hydrogen-bond acceptors (Lipinski definition) is 4. The summed E-state index contributed by atoms with van der Waals surface area (Å²) in [5, 5.41) is 1.11. The van der Waals surface area contributed by atoms with Crippen molar-refractivity contribution in [3.63, 3.8) is 0 Å². The second kappa shape index (κ2) is 7.25. The number of rotatable bonds is 1. The summed E-state index contributed by atoms with van der Waals surface area (Å²) in [5.41, 5.74) is 1.43. The Morgan fingerprint density at radius 2 is 2.04 bits per heavy atom. The molecule has 2 saturated heterocycles. The van der Waals surface area contributed by atoms with E-state index in [1.807, 2.05) is 38.1 Å². The third-order valence-corrected chi connectivity index (χ3v) is 6.49. The summed E-state index contributed by atoms with van der Waals surface area (Å²) in [6, 6.07) is 2.08. The van der Waals surface area contributed by atoms with Gasteiger partial charge in [0.25, 0.3) is 0 Å². The maximum Gasteiger partial charge on any atom is 0.410 e. The molecule has 28 heavy (non-hydrogen) atoms. The highest BCUT2D eigenvalue weighted by atomic mass is 79.9. The summed E-state index contributed by atoms with van der Waals surface area (Å²) in [6.07, 6.45) is 8.96. The van der Waals surface area contributed by atoms with Crippen molar-refractivity contribution in [3.05, 3.63) is 22.9 Å². The van der Waals surface area contributed by atoms with Gasteiger partial charge in [-0.2, -0.15) is 0 Å². The van der Waals surface area contributed by atoms with Gasteiger partial charge in [0.05, 0.1) is 16.6 Å². The normalized spacial score (nSPS) is 23.4. The SMILES string of the molecule is CC(C)(C)OC(=O)N1CCCCC12CCCN(c1ccnc3[nH]cc(Br)c13)C2. The number of pyridine rings is 1. The fourth-order valence-electron chi connectivity index (χ4n) is 4.70. The fourth-order valence-corrected chi connectivity index (χ4v) is 5.21. The number of piperidine rings is 2. The molecule has 2 aliphatic heterocycles. The molecular formula is C21H29BrN4O2. The first-order valence-corrected chi connectivity index (χ1v) is 11.0. The molecule has 4 heterocycles. The molecule has 152 valence electrons. The van der Waals surface area contributed by atoms with E-state index in [1.54, 1.807) is 0 Å². The van der Waals surface area contributed by atoms with E-state index in [0.29, 0.717) is 0 Å². The van der Waals surface area contributed by atoms with Gasteiger partial charge in [-0.15, -0.1) is 0 Å². The molecule has 0 aliphatic carbocycles. The highest BCUT2D eigenvalue weighted by Crippen LogP contribution is 2.40. The van der Waals surface area contributed by atoms with Crippen molar-refractivity contribution in [2.45, 2.75) is 64.0 Å². The van der Waals surface area contributed by atoms with Crippen LogP contribution >= 0.6 is 15.9 Å². The molecule has 2 aliphatic rings. The average molecular weight is 449 g/mol. The Kier molecular flexibility index (Phi) is 5.06. The summed E-state index contributed by atoms with van der Waals surface area (Å²) in [6.45, 7) is 8.41. The Bertz CT molecular complexity index is 871. The zero-order valence-electron chi connectivity index (χ0n) is 16.9. The molecule has 1 unspecified atom stereocenters. The van der Waals surface area contributed by atoms with E-state index in [-0.39, 0.29) is 11.6 Å². The number of hydrogen-bond donors (Lipinski definition) is 1. The van der Waals surface area contributed by atoms with Crippen LogP contribution < -0.4 is 4.90 Å². The third-order valence-electron chi connectivity index (χ3n) is 5.86. The van der Waals surface area contributed by atoms with Gasteiger partial charge >= 0.3 is 6.09 Å². The molecule has 0 saturated carbocycles. The van der Waals surface area contributed by atoms with Gasteiger partial charge in [-0.25, -0.2) is 9.78 Å².